The first-order valence-corrected chi connectivity index (χ1v) is 6.83. The first kappa shape index (κ1) is 13.3. The summed E-state index contributed by atoms with van der Waals surface area (Å²) in [4.78, 5) is 12.3. The molecule has 0 saturated carbocycles. The highest BCUT2D eigenvalue weighted by molar-refractivity contribution is 9.11. The van der Waals surface area contributed by atoms with Crippen molar-refractivity contribution >= 4 is 33.2 Å². The van der Waals surface area contributed by atoms with E-state index in [2.05, 4.69) is 20.7 Å². The standard InChI is InChI=1S/C12H12BrNO3S/c1-6-5-9(18-11(6)13)10(14)7-3-4-8(17-7)12(15)16-2/h3-5,10H,14H2,1-2H3. The maximum Gasteiger partial charge on any atom is 0.373 e. The Hall–Kier alpha value is -1.11. The predicted octanol–water partition coefficient (Wildman–Crippen LogP) is 3.25. The molecule has 2 aromatic heterocycles. The highest BCUT2D eigenvalue weighted by Crippen LogP contribution is 2.33. The molecule has 2 N–H and O–H groups in total. The van der Waals surface area contributed by atoms with Crippen LogP contribution in [0.15, 0.2) is 26.4 Å². The van der Waals surface area contributed by atoms with Crippen LogP contribution in [-0.2, 0) is 4.74 Å². The largest absolute Gasteiger partial charge is 0.463 e. The molecule has 0 amide bonds. The van der Waals surface area contributed by atoms with Gasteiger partial charge in [-0.25, -0.2) is 4.79 Å². The monoisotopic (exact) mass is 329 g/mol. The Bertz CT molecular complexity index is 556. The number of thiophene rings is 1. The van der Waals surface area contributed by atoms with Gasteiger partial charge in [0.1, 0.15) is 5.76 Å². The zero-order valence-electron chi connectivity index (χ0n) is 9.90. The quantitative estimate of drug-likeness (QED) is 0.878. The number of aryl methyl sites for hydroxylation is 1. The van der Waals surface area contributed by atoms with Gasteiger partial charge in [-0.3, -0.25) is 0 Å². The molecule has 0 radical (unpaired) electrons. The first-order chi connectivity index (χ1) is 8.52. The zero-order chi connectivity index (χ0) is 13.3. The minimum Gasteiger partial charge on any atom is -0.463 e. The number of esters is 1. The summed E-state index contributed by atoms with van der Waals surface area (Å²) in [5.41, 5.74) is 7.23. The Labute approximate surface area is 117 Å². The third-order valence-corrected chi connectivity index (χ3v) is 4.72. The highest BCUT2D eigenvalue weighted by atomic mass is 79.9. The molecule has 0 bridgehead atoms. The van der Waals surface area contributed by atoms with E-state index in [1.54, 1.807) is 23.5 Å². The van der Waals surface area contributed by atoms with Crippen molar-refractivity contribution in [1.82, 2.24) is 0 Å². The average molecular weight is 330 g/mol. The number of furan rings is 1. The summed E-state index contributed by atoms with van der Waals surface area (Å²) in [6.45, 7) is 2.00. The van der Waals surface area contributed by atoms with E-state index in [0.717, 1.165) is 14.2 Å². The second-order valence-electron chi connectivity index (χ2n) is 3.78. The van der Waals surface area contributed by atoms with Crippen LogP contribution in [0.5, 0.6) is 0 Å². The number of methoxy groups -OCH3 is 1. The van der Waals surface area contributed by atoms with E-state index < -0.39 is 5.97 Å². The summed E-state index contributed by atoms with van der Waals surface area (Å²) in [6.07, 6.45) is 0. The summed E-state index contributed by atoms with van der Waals surface area (Å²) >= 11 is 5.01. The number of nitrogens with two attached hydrogens (primary N) is 1. The molecule has 0 spiro atoms. The van der Waals surface area contributed by atoms with Crippen LogP contribution in [0.2, 0.25) is 0 Å². The van der Waals surface area contributed by atoms with E-state index >= 15 is 0 Å². The summed E-state index contributed by atoms with van der Waals surface area (Å²) in [7, 11) is 1.31. The van der Waals surface area contributed by atoms with E-state index in [0.29, 0.717) is 5.76 Å². The molecule has 0 aliphatic heterocycles. The Balaban J connectivity index is 2.26. The molecule has 0 saturated heterocycles. The van der Waals surface area contributed by atoms with Gasteiger partial charge in [-0.2, -0.15) is 0 Å². The van der Waals surface area contributed by atoms with E-state index in [9.17, 15) is 4.79 Å². The fraction of sp³-hybridized carbons (Fsp3) is 0.250. The number of ether oxygens (including phenoxy) is 1. The fourth-order valence-electron chi connectivity index (χ4n) is 1.51. The minimum absolute atomic E-state index is 0.162. The van der Waals surface area contributed by atoms with E-state index in [4.69, 9.17) is 10.2 Å². The van der Waals surface area contributed by atoms with Gasteiger partial charge >= 0.3 is 5.97 Å². The van der Waals surface area contributed by atoms with Crippen LogP contribution in [0.25, 0.3) is 0 Å². The normalized spacial score (nSPS) is 12.4. The van der Waals surface area contributed by atoms with Gasteiger partial charge in [0.05, 0.1) is 16.9 Å². The van der Waals surface area contributed by atoms with Gasteiger partial charge in [0.2, 0.25) is 5.76 Å². The highest BCUT2D eigenvalue weighted by Gasteiger charge is 2.19. The lowest BCUT2D eigenvalue weighted by Gasteiger charge is -2.05. The van der Waals surface area contributed by atoms with Gasteiger partial charge in [0.15, 0.2) is 0 Å². The second-order valence-corrected chi connectivity index (χ2v) is 6.18. The van der Waals surface area contributed by atoms with Crippen molar-refractivity contribution in [1.29, 1.82) is 0 Å². The number of halogens is 1. The lowest BCUT2D eigenvalue weighted by molar-refractivity contribution is 0.0563. The van der Waals surface area contributed by atoms with Gasteiger partial charge in [-0.1, -0.05) is 0 Å². The Morgan fingerprint density at radius 3 is 2.83 bits per heavy atom. The van der Waals surface area contributed by atoms with Gasteiger partial charge in [-0.05, 0) is 46.6 Å². The predicted molar refractivity (Wildman–Crippen MR) is 72.8 cm³/mol. The lowest BCUT2D eigenvalue weighted by atomic mass is 10.2. The number of hydrogen-bond acceptors (Lipinski definition) is 5. The van der Waals surface area contributed by atoms with Crippen LogP contribution in [0.3, 0.4) is 0 Å². The van der Waals surface area contributed by atoms with E-state index in [-0.39, 0.29) is 11.8 Å². The van der Waals surface area contributed by atoms with Crippen molar-refractivity contribution in [2.24, 2.45) is 5.73 Å². The molecular weight excluding hydrogens is 318 g/mol. The molecule has 1 unspecified atom stereocenters. The Kier molecular flexibility index (Phi) is 3.89. The molecule has 96 valence electrons. The topological polar surface area (TPSA) is 65.5 Å². The average Bonchev–Trinajstić information content (AvgIpc) is 2.96. The molecule has 6 heteroatoms. The molecule has 2 aromatic rings. The van der Waals surface area contributed by atoms with Crippen LogP contribution < -0.4 is 5.73 Å². The molecule has 2 rings (SSSR count). The Morgan fingerprint density at radius 1 is 1.56 bits per heavy atom. The van der Waals surface area contributed by atoms with Crippen LogP contribution in [0.1, 0.15) is 32.8 Å². The zero-order valence-corrected chi connectivity index (χ0v) is 12.3. The van der Waals surface area contributed by atoms with Crippen LogP contribution in [0.4, 0.5) is 0 Å². The molecular formula is C12H12BrNO3S. The van der Waals surface area contributed by atoms with Crippen molar-refractivity contribution in [3.8, 4) is 0 Å². The smallest absolute Gasteiger partial charge is 0.373 e. The van der Waals surface area contributed by atoms with Crippen LogP contribution in [0, 0.1) is 6.92 Å². The SMILES string of the molecule is COC(=O)c1ccc(C(N)c2cc(C)c(Br)s2)o1. The van der Waals surface area contributed by atoms with E-state index in [1.165, 1.54) is 7.11 Å². The number of carbonyl (C=O) groups is 1. The maximum atomic E-state index is 11.3. The summed E-state index contributed by atoms with van der Waals surface area (Å²) in [6, 6.07) is 4.88. The van der Waals surface area contributed by atoms with Crippen LogP contribution >= 0.6 is 27.3 Å². The van der Waals surface area contributed by atoms with Gasteiger partial charge in [0.25, 0.3) is 0 Å². The molecule has 0 aliphatic rings. The van der Waals surface area contributed by atoms with Crippen molar-refractivity contribution in [3.63, 3.8) is 0 Å². The van der Waals surface area contributed by atoms with Gasteiger partial charge < -0.3 is 14.9 Å². The third-order valence-electron chi connectivity index (χ3n) is 2.50. The summed E-state index contributed by atoms with van der Waals surface area (Å²) in [5, 5.41) is 0. The van der Waals surface area contributed by atoms with Crippen molar-refractivity contribution in [2.75, 3.05) is 7.11 Å². The van der Waals surface area contributed by atoms with Crippen molar-refractivity contribution < 1.29 is 13.9 Å². The first-order valence-electron chi connectivity index (χ1n) is 5.22. The molecule has 2 heterocycles. The molecule has 4 nitrogen and oxygen atoms in total. The Morgan fingerprint density at radius 2 is 2.28 bits per heavy atom. The van der Waals surface area contributed by atoms with E-state index in [1.807, 2.05) is 13.0 Å². The molecule has 18 heavy (non-hydrogen) atoms. The lowest BCUT2D eigenvalue weighted by Crippen LogP contribution is -2.09. The van der Waals surface area contributed by atoms with Crippen LogP contribution in [-0.4, -0.2) is 13.1 Å². The summed E-state index contributed by atoms with van der Waals surface area (Å²) < 4.78 is 11.0. The molecule has 0 aliphatic carbocycles. The second kappa shape index (κ2) is 5.26. The summed E-state index contributed by atoms with van der Waals surface area (Å²) in [5.74, 6) is 0.205. The van der Waals surface area contributed by atoms with Crippen molar-refractivity contribution in [3.05, 3.63) is 43.9 Å². The minimum atomic E-state index is -0.503. The molecule has 0 aromatic carbocycles. The van der Waals surface area contributed by atoms with Gasteiger partial charge in [0, 0.05) is 4.88 Å². The third kappa shape index (κ3) is 2.50. The number of hydrogen-bond donors (Lipinski definition) is 1. The van der Waals surface area contributed by atoms with Gasteiger partial charge in [-0.15, -0.1) is 11.3 Å². The van der Waals surface area contributed by atoms with Crippen molar-refractivity contribution in [2.45, 2.75) is 13.0 Å². The fourth-order valence-corrected chi connectivity index (χ4v) is 3.09. The maximum absolute atomic E-state index is 11.3. The molecule has 0 fully saturated rings. The number of rotatable bonds is 3. The molecule has 1 atom stereocenters. The number of carbonyl (C=O) groups excluding carboxylic acids is 1.